The van der Waals surface area contributed by atoms with Crippen LogP contribution >= 0.6 is 0 Å². The molecule has 48 heavy (non-hydrogen) atoms. The van der Waals surface area contributed by atoms with Gasteiger partial charge in [0.2, 0.25) is 0 Å². The van der Waals surface area contributed by atoms with E-state index in [1.165, 1.54) is 59.2 Å². The standard InChI is InChI=1S/2C20H25N3O/c1-19(2,3)13-20(4,5)14-10-11-18(24)17(12-14)23-21-15-8-6-7-9-16(15)22-23;1-2-3-4-5-6-7-10-16-13-14-20(24)19(15-16)23-21-17-11-8-9-12-18(17)22-23/h6-12,24H,13H2,1-5H3;8-9,11-15,24H,2-7,10H2,1H3. The minimum atomic E-state index is -0.00667. The minimum Gasteiger partial charge on any atom is -0.506 e. The van der Waals surface area contributed by atoms with Crippen LogP contribution in [0.15, 0.2) is 84.9 Å². The van der Waals surface area contributed by atoms with Gasteiger partial charge in [0.1, 0.15) is 44.9 Å². The highest BCUT2D eigenvalue weighted by Crippen LogP contribution is 2.38. The van der Waals surface area contributed by atoms with E-state index in [-0.39, 0.29) is 22.3 Å². The minimum absolute atomic E-state index is 0.00667. The first kappa shape index (κ1) is 34.6. The number of nitrogens with zero attached hydrogens (tertiary/aromatic N) is 6. The highest BCUT2D eigenvalue weighted by atomic mass is 16.3. The molecular formula is C40H50N6O2. The molecule has 0 fully saturated rings. The van der Waals surface area contributed by atoms with Gasteiger partial charge in [-0.1, -0.05) is 110 Å². The average Bonchev–Trinajstić information content (AvgIpc) is 3.67. The van der Waals surface area contributed by atoms with Crippen LogP contribution in [0.1, 0.15) is 97.6 Å². The van der Waals surface area contributed by atoms with Crippen LogP contribution in [0.5, 0.6) is 11.5 Å². The summed E-state index contributed by atoms with van der Waals surface area (Å²) in [5.74, 6) is 0.396. The second-order valence-corrected chi connectivity index (χ2v) is 14.6. The second kappa shape index (κ2) is 15.0. The van der Waals surface area contributed by atoms with Gasteiger partial charge in [-0.05, 0) is 89.8 Å². The zero-order valence-corrected chi connectivity index (χ0v) is 29.3. The number of fused-ring (bicyclic) bond motifs is 2. The third-order valence-electron chi connectivity index (χ3n) is 8.59. The number of hydrogen-bond acceptors (Lipinski definition) is 6. The fourth-order valence-corrected chi connectivity index (χ4v) is 6.46. The molecule has 2 N–H and O–H groups in total. The molecule has 8 nitrogen and oxygen atoms in total. The third-order valence-corrected chi connectivity index (χ3v) is 8.59. The topological polar surface area (TPSA) is 102 Å². The van der Waals surface area contributed by atoms with E-state index in [1.807, 2.05) is 72.8 Å². The second-order valence-electron chi connectivity index (χ2n) is 14.6. The summed E-state index contributed by atoms with van der Waals surface area (Å²) in [4.78, 5) is 3.06. The molecule has 0 amide bonds. The summed E-state index contributed by atoms with van der Waals surface area (Å²) in [6, 6.07) is 26.9. The van der Waals surface area contributed by atoms with E-state index in [0.29, 0.717) is 11.4 Å². The van der Waals surface area contributed by atoms with Crippen LogP contribution in [0.25, 0.3) is 33.4 Å². The summed E-state index contributed by atoms with van der Waals surface area (Å²) >= 11 is 0. The van der Waals surface area contributed by atoms with Gasteiger partial charge in [0.05, 0.1) is 0 Å². The van der Waals surface area contributed by atoms with Gasteiger partial charge in [0.25, 0.3) is 0 Å². The van der Waals surface area contributed by atoms with Crippen molar-refractivity contribution in [2.75, 3.05) is 0 Å². The largest absolute Gasteiger partial charge is 0.506 e. The van der Waals surface area contributed by atoms with E-state index >= 15 is 0 Å². The highest BCUT2D eigenvalue weighted by molar-refractivity contribution is 5.74. The van der Waals surface area contributed by atoms with Crippen LogP contribution in [0.2, 0.25) is 0 Å². The summed E-state index contributed by atoms with van der Waals surface area (Å²) < 4.78 is 0. The fraction of sp³-hybridized carbons (Fsp3) is 0.400. The fourth-order valence-electron chi connectivity index (χ4n) is 6.46. The Morgan fingerprint density at radius 2 is 1.02 bits per heavy atom. The van der Waals surface area contributed by atoms with E-state index in [2.05, 4.69) is 61.9 Å². The van der Waals surface area contributed by atoms with Gasteiger partial charge < -0.3 is 10.2 Å². The van der Waals surface area contributed by atoms with Crippen LogP contribution in [-0.4, -0.2) is 40.2 Å². The van der Waals surface area contributed by atoms with Crippen molar-refractivity contribution in [2.45, 2.75) is 98.3 Å². The van der Waals surface area contributed by atoms with Gasteiger partial charge in [-0.25, -0.2) is 0 Å². The van der Waals surface area contributed by atoms with Gasteiger partial charge in [-0.3, -0.25) is 0 Å². The van der Waals surface area contributed by atoms with Crippen molar-refractivity contribution in [2.24, 2.45) is 5.41 Å². The maximum Gasteiger partial charge on any atom is 0.143 e. The van der Waals surface area contributed by atoms with Gasteiger partial charge in [-0.2, -0.15) is 0 Å². The summed E-state index contributed by atoms with van der Waals surface area (Å²) in [6.45, 7) is 13.5. The third kappa shape index (κ3) is 8.79. The van der Waals surface area contributed by atoms with E-state index < -0.39 is 0 Å². The zero-order chi connectivity index (χ0) is 34.3. The molecule has 0 aliphatic heterocycles. The van der Waals surface area contributed by atoms with Crippen molar-refractivity contribution < 1.29 is 10.2 Å². The number of unbranched alkanes of at least 4 members (excludes halogenated alkanes) is 5. The first-order valence-electron chi connectivity index (χ1n) is 17.2. The summed E-state index contributed by atoms with van der Waals surface area (Å²) in [5, 5.41) is 38.4. The van der Waals surface area contributed by atoms with Crippen molar-refractivity contribution in [3.63, 3.8) is 0 Å². The predicted octanol–water partition coefficient (Wildman–Crippen LogP) is 9.87. The number of aromatic hydroxyl groups is 2. The van der Waals surface area contributed by atoms with E-state index in [9.17, 15) is 10.2 Å². The Morgan fingerprint density at radius 1 is 0.562 bits per heavy atom. The van der Waals surface area contributed by atoms with Crippen molar-refractivity contribution in [3.8, 4) is 22.9 Å². The molecule has 2 aromatic heterocycles. The van der Waals surface area contributed by atoms with E-state index in [0.717, 1.165) is 34.9 Å². The number of phenols is 2. The molecule has 6 aromatic rings. The number of aromatic nitrogens is 6. The number of aryl methyl sites for hydroxylation is 1. The SMILES string of the molecule is CC(C)(C)CC(C)(C)c1ccc(O)c(-n2nc3ccccc3n2)c1.CCCCCCCCc1ccc(O)c(-n2nc3ccccc3n2)c1. The Balaban J connectivity index is 0.000000188. The Hall–Kier alpha value is -4.72. The molecule has 6 rings (SSSR count). The molecule has 252 valence electrons. The lowest BCUT2D eigenvalue weighted by atomic mass is 9.72. The van der Waals surface area contributed by atoms with Crippen molar-refractivity contribution >= 4 is 22.1 Å². The molecule has 0 aliphatic carbocycles. The van der Waals surface area contributed by atoms with Crippen LogP contribution in [-0.2, 0) is 11.8 Å². The first-order chi connectivity index (χ1) is 22.9. The number of benzene rings is 4. The molecule has 2 heterocycles. The maximum absolute atomic E-state index is 10.3. The van der Waals surface area contributed by atoms with Gasteiger partial charge >= 0.3 is 0 Å². The molecule has 4 aromatic carbocycles. The molecule has 0 bridgehead atoms. The zero-order valence-electron chi connectivity index (χ0n) is 29.3. The first-order valence-corrected chi connectivity index (χ1v) is 17.2. The van der Waals surface area contributed by atoms with Crippen molar-refractivity contribution in [3.05, 3.63) is 96.1 Å². The monoisotopic (exact) mass is 646 g/mol. The number of phenolic OH excluding ortho intramolecular Hbond substituents is 2. The summed E-state index contributed by atoms with van der Waals surface area (Å²) in [7, 11) is 0. The predicted molar refractivity (Wildman–Crippen MR) is 195 cm³/mol. The molecule has 0 saturated carbocycles. The highest BCUT2D eigenvalue weighted by Gasteiger charge is 2.28. The van der Waals surface area contributed by atoms with Gasteiger partial charge in [0, 0.05) is 0 Å². The normalized spacial score (nSPS) is 12.0. The lowest BCUT2D eigenvalue weighted by Crippen LogP contribution is -2.25. The van der Waals surface area contributed by atoms with Crippen LogP contribution < -0.4 is 0 Å². The Morgan fingerprint density at radius 3 is 1.52 bits per heavy atom. The van der Waals surface area contributed by atoms with E-state index in [4.69, 9.17) is 0 Å². The Kier molecular flexibility index (Phi) is 10.8. The lowest BCUT2D eigenvalue weighted by Gasteiger charge is -2.33. The van der Waals surface area contributed by atoms with Gasteiger partial charge in [0.15, 0.2) is 0 Å². The van der Waals surface area contributed by atoms with Crippen LogP contribution in [0.3, 0.4) is 0 Å². The summed E-state index contributed by atoms with van der Waals surface area (Å²) in [5.41, 5.74) is 7.17. The molecule has 0 atom stereocenters. The molecule has 0 saturated heterocycles. The smallest absolute Gasteiger partial charge is 0.143 e. The van der Waals surface area contributed by atoms with Crippen LogP contribution in [0.4, 0.5) is 0 Å². The summed E-state index contributed by atoms with van der Waals surface area (Å²) in [6.07, 6.45) is 9.78. The Labute approximate surface area is 284 Å². The molecule has 0 spiro atoms. The molecule has 8 heteroatoms. The van der Waals surface area contributed by atoms with E-state index in [1.54, 1.807) is 12.1 Å². The number of rotatable bonds is 11. The molecule has 0 aliphatic rings. The number of hydrogen-bond donors (Lipinski definition) is 2. The van der Waals surface area contributed by atoms with Crippen LogP contribution in [0, 0.1) is 5.41 Å². The molecular weight excluding hydrogens is 596 g/mol. The quantitative estimate of drug-likeness (QED) is 0.136. The Bertz CT molecular complexity index is 1880. The maximum atomic E-state index is 10.3. The lowest BCUT2D eigenvalue weighted by molar-refractivity contribution is 0.284. The van der Waals surface area contributed by atoms with Gasteiger partial charge in [-0.15, -0.1) is 30.0 Å². The molecule has 0 unspecified atom stereocenters. The average molecular weight is 647 g/mol. The molecule has 0 radical (unpaired) electrons. The van der Waals surface area contributed by atoms with Crippen molar-refractivity contribution in [1.29, 1.82) is 0 Å². The van der Waals surface area contributed by atoms with Crippen molar-refractivity contribution in [1.82, 2.24) is 30.0 Å².